The number of carbonyl (C=O) groups excluding carboxylic acids is 2. The summed E-state index contributed by atoms with van der Waals surface area (Å²) in [6.45, 7) is 1.08. The van der Waals surface area contributed by atoms with Crippen LogP contribution in [-0.4, -0.2) is 53.7 Å². The van der Waals surface area contributed by atoms with Crippen LogP contribution in [0.5, 0.6) is 0 Å². The maximum Gasteiger partial charge on any atom is 0.229 e. The van der Waals surface area contributed by atoms with Crippen LogP contribution in [0.4, 0.5) is 5.69 Å². The first-order chi connectivity index (χ1) is 14.8. The molecule has 178 valence electrons. The van der Waals surface area contributed by atoms with E-state index in [1.807, 2.05) is 33.7 Å². The number of amides is 1. The Labute approximate surface area is 205 Å². The van der Waals surface area contributed by atoms with Crippen molar-refractivity contribution in [3.8, 4) is 0 Å². The molecule has 1 fully saturated rings. The average molecular weight is 513 g/mol. The molecule has 0 unspecified atom stereocenters. The highest BCUT2D eigenvalue weighted by atomic mass is 35.5. The standard InChI is InChI=1S/C22H24N4O4S.2ClH/c1-31(29,30)24-18-7-5-16(6-8-18)22(28)17-9-12-25(13-10-17)21(27)14-19-15-23-20-4-2-3-11-26(19)20;;/h2-8,11,15,17,24H,9-10,12-14H2,1H3;2*1H. The van der Waals surface area contributed by atoms with Crippen molar-refractivity contribution in [2.45, 2.75) is 19.3 Å². The van der Waals surface area contributed by atoms with Crippen LogP contribution in [0.15, 0.2) is 54.9 Å². The van der Waals surface area contributed by atoms with Gasteiger partial charge in [0.2, 0.25) is 15.9 Å². The van der Waals surface area contributed by atoms with Crippen molar-refractivity contribution in [3.05, 3.63) is 66.1 Å². The van der Waals surface area contributed by atoms with Crippen molar-refractivity contribution in [1.82, 2.24) is 14.3 Å². The molecule has 0 saturated carbocycles. The van der Waals surface area contributed by atoms with E-state index in [0.717, 1.165) is 17.6 Å². The van der Waals surface area contributed by atoms with Crippen molar-refractivity contribution in [1.29, 1.82) is 0 Å². The summed E-state index contributed by atoms with van der Waals surface area (Å²) < 4.78 is 26.9. The van der Waals surface area contributed by atoms with Gasteiger partial charge < -0.3 is 9.30 Å². The molecule has 8 nitrogen and oxygen atoms in total. The summed E-state index contributed by atoms with van der Waals surface area (Å²) in [7, 11) is -3.35. The molecule has 1 aromatic carbocycles. The minimum Gasteiger partial charge on any atom is -0.342 e. The Bertz CT molecular complexity index is 1220. The zero-order valence-electron chi connectivity index (χ0n) is 18.0. The lowest BCUT2D eigenvalue weighted by molar-refractivity contribution is -0.131. The van der Waals surface area contributed by atoms with Crippen molar-refractivity contribution in [2.75, 3.05) is 24.1 Å². The Hall–Kier alpha value is -2.62. The highest BCUT2D eigenvalue weighted by molar-refractivity contribution is 7.92. The molecular weight excluding hydrogens is 487 g/mol. The number of nitrogens with zero attached hydrogens (tertiary/aromatic N) is 3. The number of likely N-dealkylation sites (tertiary alicyclic amines) is 1. The van der Waals surface area contributed by atoms with E-state index in [4.69, 9.17) is 0 Å². The lowest BCUT2D eigenvalue weighted by Gasteiger charge is -2.31. The smallest absolute Gasteiger partial charge is 0.229 e. The number of rotatable bonds is 6. The van der Waals surface area contributed by atoms with Gasteiger partial charge in [0.1, 0.15) is 5.65 Å². The molecule has 4 rings (SSSR count). The number of pyridine rings is 1. The van der Waals surface area contributed by atoms with Gasteiger partial charge in [0.05, 0.1) is 18.4 Å². The zero-order chi connectivity index (χ0) is 22.0. The molecule has 2 aromatic heterocycles. The molecule has 0 aliphatic carbocycles. The molecule has 11 heteroatoms. The number of sulfonamides is 1. The number of fused-ring (bicyclic) bond motifs is 1. The van der Waals surface area contributed by atoms with Crippen LogP contribution in [0.2, 0.25) is 0 Å². The SMILES string of the molecule is CS(=O)(=O)Nc1ccc(C(=O)C2CCN(C(=O)Cc3cnc4ccccn34)CC2)cc1.Cl.Cl. The lowest BCUT2D eigenvalue weighted by atomic mass is 9.88. The number of imidazole rings is 1. The first-order valence-electron chi connectivity index (χ1n) is 10.1. The summed E-state index contributed by atoms with van der Waals surface area (Å²) in [6, 6.07) is 12.2. The van der Waals surface area contributed by atoms with Gasteiger partial charge in [0.25, 0.3) is 0 Å². The van der Waals surface area contributed by atoms with Crippen LogP contribution in [0.1, 0.15) is 28.9 Å². The number of anilines is 1. The van der Waals surface area contributed by atoms with Gasteiger partial charge in [-0.1, -0.05) is 6.07 Å². The monoisotopic (exact) mass is 512 g/mol. The normalized spacial score (nSPS) is 14.3. The van der Waals surface area contributed by atoms with Gasteiger partial charge >= 0.3 is 0 Å². The Morgan fingerprint density at radius 3 is 2.36 bits per heavy atom. The fraction of sp³-hybridized carbons (Fsp3) is 0.318. The number of hydrogen-bond donors (Lipinski definition) is 1. The number of ketones is 1. The zero-order valence-corrected chi connectivity index (χ0v) is 20.5. The summed E-state index contributed by atoms with van der Waals surface area (Å²) in [6.07, 6.45) is 6.20. The first-order valence-corrected chi connectivity index (χ1v) is 12.0. The maximum absolute atomic E-state index is 12.8. The van der Waals surface area contributed by atoms with Gasteiger partial charge in [-0.3, -0.25) is 14.3 Å². The Morgan fingerprint density at radius 1 is 1.06 bits per heavy atom. The summed E-state index contributed by atoms with van der Waals surface area (Å²) in [5.74, 6) is -0.0823. The number of hydrogen-bond acceptors (Lipinski definition) is 5. The number of nitrogens with one attached hydrogen (secondary N) is 1. The third kappa shape index (κ3) is 6.46. The summed E-state index contributed by atoms with van der Waals surface area (Å²) >= 11 is 0. The number of aromatic nitrogens is 2. The Morgan fingerprint density at radius 2 is 1.73 bits per heavy atom. The molecule has 0 radical (unpaired) electrons. The van der Waals surface area contributed by atoms with Crippen molar-refractivity contribution in [3.63, 3.8) is 0 Å². The fourth-order valence-corrected chi connectivity index (χ4v) is 4.49. The molecule has 1 aliphatic heterocycles. The molecule has 0 bridgehead atoms. The summed E-state index contributed by atoms with van der Waals surface area (Å²) in [4.78, 5) is 31.7. The highest BCUT2D eigenvalue weighted by Gasteiger charge is 2.28. The van der Waals surface area contributed by atoms with E-state index in [9.17, 15) is 18.0 Å². The largest absolute Gasteiger partial charge is 0.342 e. The van der Waals surface area contributed by atoms with Crippen molar-refractivity contribution in [2.24, 2.45) is 5.92 Å². The Kier molecular flexibility index (Phi) is 8.88. The topological polar surface area (TPSA) is 101 Å². The lowest BCUT2D eigenvalue weighted by Crippen LogP contribution is -2.41. The van der Waals surface area contributed by atoms with E-state index in [-0.39, 0.29) is 48.8 Å². The predicted octanol–water partition coefficient (Wildman–Crippen LogP) is 3.21. The van der Waals surface area contributed by atoms with Gasteiger partial charge in [0, 0.05) is 42.7 Å². The van der Waals surface area contributed by atoms with Crippen LogP contribution in [0, 0.1) is 5.92 Å². The van der Waals surface area contributed by atoms with Gasteiger partial charge in [-0.2, -0.15) is 0 Å². The average Bonchev–Trinajstić information content (AvgIpc) is 3.16. The second kappa shape index (κ2) is 11.0. The third-order valence-electron chi connectivity index (χ3n) is 5.52. The van der Waals surface area contributed by atoms with Crippen molar-refractivity contribution >= 4 is 57.9 Å². The molecule has 1 amide bonds. The van der Waals surface area contributed by atoms with E-state index in [1.54, 1.807) is 30.5 Å². The van der Waals surface area contributed by atoms with Crippen molar-refractivity contribution < 1.29 is 18.0 Å². The van der Waals surface area contributed by atoms with Gasteiger partial charge in [0.15, 0.2) is 5.78 Å². The predicted molar refractivity (Wildman–Crippen MR) is 132 cm³/mol. The van der Waals surface area contributed by atoms with Crippen LogP contribution in [0.25, 0.3) is 5.65 Å². The Balaban J connectivity index is 0.00000193. The van der Waals surface area contributed by atoms with Gasteiger partial charge in [-0.25, -0.2) is 13.4 Å². The van der Waals surface area contributed by atoms with Gasteiger partial charge in [-0.05, 0) is 49.2 Å². The molecule has 33 heavy (non-hydrogen) atoms. The molecule has 3 aromatic rings. The molecule has 1 saturated heterocycles. The maximum atomic E-state index is 12.8. The van der Waals surface area contributed by atoms with Crippen LogP contribution in [-0.2, 0) is 21.2 Å². The van der Waals surface area contributed by atoms with E-state index in [1.165, 1.54) is 0 Å². The van der Waals surface area contributed by atoms with E-state index < -0.39 is 10.0 Å². The number of halogens is 2. The van der Waals surface area contributed by atoms with Crippen LogP contribution < -0.4 is 4.72 Å². The molecular formula is C22H26Cl2N4O4S. The number of carbonyl (C=O) groups is 2. The van der Waals surface area contributed by atoms with E-state index in [0.29, 0.717) is 37.2 Å². The first kappa shape index (κ1) is 26.6. The van der Waals surface area contributed by atoms with Crippen LogP contribution in [0.3, 0.4) is 0 Å². The fourth-order valence-electron chi connectivity index (χ4n) is 3.93. The second-order valence-corrected chi connectivity index (χ2v) is 9.57. The number of benzene rings is 1. The summed E-state index contributed by atoms with van der Waals surface area (Å²) in [5, 5.41) is 0. The molecule has 0 atom stereocenters. The molecule has 3 heterocycles. The van der Waals surface area contributed by atoms with E-state index in [2.05, 4.69) is 9.71 Å². The number of piperidine rings is 1. The van der Waals surface area contributed by atoms with Gasteiger partial charge in [-0.15, -0.1) is 24.8 Å². The third-order valence-corrected chi connectivity index (χ3v) is 6.12. The summed E-state index contributed by atoms with van der Waals surface area (Å²) in [5.41, 5.74) is 2.63. The van der Waals surface area contributed by atoms with Crippen LogP contribution >= 0.6 is 24.8 Å². The molecule has 1 N–H and O–H groups in total. The van der Waals surface area contributed by atoms with E-state index >= 15 is 0 Å². The molecule has 0 spiro atoms. The highest BCUT2D eigenvalue weighted by Crippen LogP contribution is 2.23. The minimum absolute atomic E-state index is 0. The second-order valence-electron chi connectivity index (χ2n) is 7.83. The molecule has 1 aliphatic rings. The number of Topliss-reactive ketones (excluding diaryl/α,β-unsaturated/α-hetero) is 1. The quantitative estimate of drug-likeness (QED) is 0.511. The minimum atomic E-state index is -3.35.